The molecule has 2 amide bonds. The predicted octanol–water partition coefficient (Wildman–Crippen LogP) is 6.75. The van der Waals surface area contributed by atoms with Gasteiger partial charge in [-0.25, -0.2) is 0 Å². The molecule has 3 aliphatic rings. The Bertz CT molecular complexity index is 1590. The van der Waals surface area contributed by atoms with Crippen LogP contribution in [0.25, 0.3) is 6.08 Å². The molecule has 0 saturated carbocycles. The topological polar surface area (TPSA) is 112 Å². The van der Waals surface area contributed by atoms with Gasteiger partial charge in [-0.15, -0.1) is 0 Å². The van der Waals surface area contributed by atoms with E-state index in [2.05, 4.69) is 26.1 Å². The van der Waals surface area contributed by atoms with Crippen LogP contribution in [0.3, 0.4) is 0 Å². The maximum absolute atomic E-state index is 14.1. The van der Waals surface area contributed by atoms with Gasteiger partial charge >= 0.3 is 7.12 Å². The molecule has 2 aromatic carbocycles. The summed E-state index contributed by atoms with van der Waals surface area (Å²) < 4.78 is 11.9. The maximum atomic E-state index is 14.1. The molecule has 0 bridgehead atoms. The van der Waals surface area contributed by atoms with Crippen molar-refractivity contribution in [1.82, 2.24) is 0 Å². The second kappa shape index (κ2) is 13.2. The molecular formula is C36H41BN2O6. The third-order valence-corrected chi connectivity index (χ3v) is 9.50. The van der Waals surface area contributed by atoms with Crippen molar-refractivity contribution in [2.45, 2.75) is 65.5 Å². The van der Waals surface area contributed by atoms with Crippen molar-refractivity contribution in [2.24, 2.45) is 23.7 Å². The van der Waals surface area contributed by atoms with Crippen molar-refractivity contribution < 1.29 is 28.8 Å². The van der Waals surface area contributed by atoms with Crippen LogP contribution in [-0.2, 0) is 20.9 Å². The van der Waals surface area contributed by atoms with Gasteiger partial charge < -0.3 is 24.5 Å². The normalized spacial score (nSPS) is 23.6. The minimum atomic E-state index is -1.01. The maximum Gasteiger partial charge on any atom is 0.455 e. The van der Waals surface area contributed by atoms with Crippen LogP contribution < -0.4 is 10.2 Å². The van der Waals surface area contributed by atoms with Crippen molar-refractivity contribution in [3.63, 3.8) is 0 Å². The zero-order valence-corrected chi connectivity index (χ0v) is 26.1. The van der Waals surface area contributed by atoms with E-state index in [0.29, 0.717) is 36.4 Å². The van der Waals surface area contributed by atoms with E-state index in [1.54, 1.807) is 6.07 Å². The second-order valence-electron chi connectivity index (χ2n) is 12.6. The number of benzene rings is 2. The number of allylic oxidation sites excluding steroid dienone is 2. The highest BCUT2D eigenvalue weighted by Gasteiger charge is 2.57. The molecule has 8 nitrogen and oxygen atoms in total. The molecule has 1 aliphatic carbocycles. The van der Waals surface area contributed by atoms with Gasteiger partial charge in [0, 0.05) is 11.4 Å². The molecular weight excluding hydrogens is 567 g/mol. The molecule has 234 valence electrons. The van der Waals surface area contributed by atoms with E-state index in [0.717, 1.165) is 35.4 Å². The number of anilines is 3. The van der Waals surface area contributed by atoms with E-state index in [1.165, 1.54) is 10.5 Å². The number of fused-ring (bicyclic) bond motifs is 3. The number of hydrogen-bond acceptors (Lipinski definition) is 7. The standard InChI is InChI=1S/C36H41BN2O6/c1-4-23(18-27-15-16-28(21-40)44-27)10-17-32-33-29(22(2)3)19-30-34(31(33)20-37(43)45-32)36(42)39(35(30)41)26-13-11-25(12-14-26)38-24-8-6-5-7-9-24/h5-9,11-16,18,22,30-32,34,38,40,43H,4,10,17,19-21H2,1-3H3/b23-18+/t30-,31+,32-,34-/m1/s1. The number of carbonyl (C=O) groups is 2. The van der Waals surface area contributed by atoms with Gasteiger partial charge in [-0.2, -0.15) is 0 Å². The van der Waals surface area contributed by atoms with Crippen LogP contribution in [0.5, 0.6) is 0 Å². The lowest BCUT2D eigenvalue weighted by molar-refractivity contribution is -0.122. The number of para-hydroxylation sites is 1. The number of nitrogens with zero attached hydrogens (tertiary/aromatic N) is 1. The van der Waals surface area contributed by atoms with Crippen molar-refractivity contribution in [3.05, 3.63) is 95.0 Å². The first kappa shape index (κ1) is 31.1. The summed E-state index contributed by atoms with van der Waals surface area (Å²) in [5.74, 6) is -0.222. The summed E-state index contributed by atoms with van der Waals surface area (Å²) >= 11 is 0. The summed E-state index contributed by atoms with van der Waals surface area (Å²) in [7, 11) is -1.01. The van der Waals surface area contributed by atoms with Gasteiger partial charge in [-0.3, -0.25) is 14.5 Å². The van der Waals surface area contributed by atoms with Gasteiger partial charge in [0.1, 0.15) is 18.1 Å². The van der Waals surface area contributed by atoms with Crippen molar-refractivity contribution >= 4 is 42.1 Å². The first-order chi connectivity index (χ1) is 21.8. The number of amides is 2. The fourth-order valence-electron chi connectivity index (χ4n) is 7.31. The lowest BCUT2D eigenvalue weighted by Gasteiger charge is -2.44. The Hall–Kier alpha value is -3.92. The van der Waals surface area contributed by atoms with Gasteiger partial charge in [0.2, 0.25) is 11.8 Å². The molecule has 0 unspecified atom stereocenters. The molecule has 6 rings (SSSR count). The minimum Gasteiger partial charge on any atom is -0.459 e. The second-order valence-corrected chi connectivity index (χ2v) is 12.6. The van der Waals surface area contributed by atoms with E-state index >= 15 is 0 Å². The summed E-state index contributed by atoms with van der Waals surface area (Å²) in [5.41, 5.74) is 5.81. The number of rotatable bonds is 10. The highest BCUT2D eigenvalue weighted by Crippen LogP contribution is 2.52. The highest BCUT2D eigenvalue weighted by atomic mass is 16.5. The molecule has 0 radical (unpaired) electrons. The Morgan fingerprint density at radius 3 is 2.42 bits per heavy atom. The van der Waals surface area contributed by atoms with E-state index in [4.69, 9.17) is 9.07 Å². The van der Waals surface area contributed by atoms with Crippen molar-refractivity contribution in [1.29, 1.82) is 0 Å². The summed E-state index contributed by atoms with van der Waals surface area (Å²) in [6, 6.07) is 20.8. The molecule has 2 fully saturated rings. The zero-order valence-electron chi connectivity index (χ0n) is 26.1. The predicted molar refractivity (Wildman–Crippen MR) is 175 cm³/mol. The molecule has 4 atom stereocenters. The molecule has 3 N–H and O–H groups in total. The lowest BCUT2D eigenvalue weighted by atomic mass is 9.57. The van der Waals surface area contributed by atoms with E-state index < -0.39 is 19.0 Å². The number of furan rings is 1. The van der Waals surface area contributed by atoms with Gasteiger partial charge in [-0.1, -0.05) is 50.1 Å². The number of hydrogen-bond donors (Lipinski definition) is 3. The number of aliphatic hydroxyl groups excluding tert-OH is 1. The van der Waals surface area contributed by atoms with Crippen LogP contribution in [0.15, 0.2) is 87.9 Å². The summed E-state index contributed by atoms with van der Waals surface area (Å²) in [5, 5.41) is 23.6. The Balaban J connectivity index is 1.24. The number of carbonyl (C=O) groups excluding carboxylic acids is 2. The summed E-state index contributed by atoms with van der Waals surface area (Å²) in [6.07, 6.45) is 4.65. The number of nitrogens with one attached hydrogen (secondary N) is 1. The summed E-state index contributed by atoms with van der Waals surface area (Å²) in [6.45, 7) is 6.21. The zero-order chi connectivity index (χ0) is 31.7. The Morgan fingerprint density at radius 1 is 1.02 bits per heavy atom. The third kappa shape index (κ3) is 6.30. The van der Waals surface area contributed by atoms with Crippen molar-refractivity contribution in [3.8, 4) is 0 Å². The van der Waals surface area contributed by atoms with E-state index in [9.17, 15) is 19.7 Å². The van der Waals surface area contributed by atoms with Gasteiger partial charge in [-0.05, 0) is 104 Å². The largest absolute Gasteiger partial charge is 0.459 e. The molecule has 2 saturated heterocycles. The first-order valence-corrected chi connectivity index (χ1v) is 16.0. The SMILES string of the molecule is CC/C(=C\c1ccc(CO)o1)CC[C@H]1OB(O)C[C@H]2C1=C(C(C)C)C[C@H]1C(=O)N(c3ccc(Nc4ccccc4)cc3)C(=O)[C@H]12. The molecule has 45 heavy (non-hydrogen) atoms. The van der Waals surface area contributed by atoms with Crippen molar-refractivity contribution in [2.75, 3.05) is 10.2 Å². The number of imide groups is 1. The Morgan fingerprint density at radius 2 is 1.76 bits per heavy atom. The van der Waals surface area contributed by atoms with Crippen LogP contribution in [0, 0.1) is 23.7 Å². The van der Waals surface area contributed by atoms with E-state index in [1.807, 2.05) is 66.7 Å². The van der Waals surface area contributed by atoms with Gasteiger partial charge in [0.15, 0.2) is 0 Å². The minimum absolute atomic E-state index is 0.145. The molecule has 2 aliphatic heterocycles. The van der Waals surface area contributed by atoms with Crippen LogP contribution in [0.1, 0.15) is 58.0 Å². The van der Waals surface area contributed by atoms with Gasteiger partial charge in [0.25, 0.3) is 0 Å². The van der Waals surface area contributed by atoms with Gasteiger partial charge in [0.05, 0.1) is 23.6 Å². The van der Waals surface area contributed by atoms with Crippen LogP contribution in [0.4, 0.5) is 17.1 Å². The molecule has 1 aromatic heterocycles. The van der Waals surface area contributed by atoms with Crippen LogP contribution >= 0.6 is 0 Å². The Kier molecular flexibility index (Phi) is 9.12. The van der Waals surface area contributed by atoms with Crippen LogP contribution in [-0.4, -0.2) is 35.2 Å². The monoisotopic (exact) mass is 608 g/mol. The smallest absolute Gasteiger partial charge is 0.455 e. The fraction of sp³-hybridized carbons (Fsp3) is 0.389. The molecule has 0 spiro atoms. The highest BCUT2D eigenvalue weighted by molar-refractivity contribution is 6.43. The average molecular weight is 609 g/mol. The third-order valence-electron chi connectivity index (χ3n) is 9.50. The molecule has 3 heterocycles. The number of aliphatic hydroxyl groups is 1. The lowest BCUT2D eigenvalue weighted by Crippen LogP contribution is -2.46. The average Bonchev–Trinajstić information content (AvgIpc) is 3.60. The molecule has 9 heteroatoms. The summed E-state index contributed by atoms with van der Waals surface area (Å²) in [4.78, 5) is 29.4. The van der Waals surface area contributed by atoms with E-state index in [-0.39, 0.29) is 36.4 Å². The molecule has 3 aromatic rings. The quantitative estimate of drug-likeness (QED) is 0.133. The Labute approximate surface area is 264 Å². The fourth-order valence-corrected chi connectivity index (χ4v) is 7.31. The first-order valence-electron chi connectivity index (χ1n) is 16.0. The van der Waals surface area contributed by atoms with Crippen LogP contribution in [0.2, 0.25) is 6.32 Å².